The summed E-state index contributed by atoms with van der Waals surface area (Å²) in [6.45, 7) is 1.61. The highest BCUT2D eigenvalue weighted by Gasteiger charge is 2.52. The fourth-order valence-corrected chi connectivity index (χ4v) is 4.25. The van der Waals surface area contributed by atoms with Crippen molar-refractivity contribution in [3.8, 4) is 0 Å². The fourth-order valence-electron chi connectivity index (χ4n) is 4.25. The Balaban J connectivity index is 1.65. The monoisotopic (exact) mass is 364 g/mol. The SMILES string of the molecule is CN(C)CC(=O)N1CCC2(CC1)C(=O)N(c1cccnc1)c1ccccc12. The van der Waals surface area contributed by atoms with Crippen LogP contribution >= 0.6 is 0 Å². The first-order valence-electron chi connectivity index (χ1n) is 9.29. The van der Waals surface area contributed by atoms with Crippen LogP contribution in [0.3, 0.4) is 0 Å². The van der Waals surface area contributed by atoms with Crippen molar-refractivity contribution < 1.29 is 9.59 Å². The second kappa shape index (κ2) is 6.78. The van der Waals surface area contributed by atoms with Gasteiger partial charge in [-0.05, 0) is 50.7 Å². The average Bonchev–Trinajstić information content (AvgIpc) is 2.91. The molecule has 3 heterocycles. The van der Waals surface area contributed by atoms with Crippen molar-refractivity contribution in [2.75, 3.05) is 38.6 Å². The number of pyridine rings is 1. The van der Waals surface area contributed by atoms with Gasteiger partial charge in [0.1, 0.15) is 0 Å². The van der Waals surface area contributed by atoms with Crippen LogP contribution in [-0.4, -0.2) is 60.3 Å². The van der Waals surface area contributed by atoms with Crippen molar-refractivity contribution in [1.29, 1.82) is 0 Å². The Labute approximate surface area is 159 Å². The normalized spacial score (nSPS) is 18.3. The minimum Gasteiger partial charge on any atom is -0.341 e. The van der Waals surface area contributed by atoms with Crippen molar-refractivity contribution in [2.24, 2.45) is 0 Å². The topological polar surface area (TPSA) is 56.8 Å². The molecule has 0 radical (unpaired) electrons. The van der Waals surface area contributed by atoms with Gasteiger partial charge >= 0.3 is 0 Å². The Hall–Kier alpha value is -2.73. The zero-order valence-electron chi connectivity index (χ0n) is 15.8. The second-order valence-electron chi connectivity index (χ2n) is 7.57. The van der Waals surface area contributed by atoms with Gasteiger partial charge in [-0.25, -0.2) is 0 Å². The standard InChI is InChI=1S/C21H24N4O2/c1-23(2)15-19(26)24-12-9-21(10-13-24)17-7-3-4-8-18(17)25(20(21)27)16-6-5-11-22-14-16/h3-8,11,14H,9-10,12-13,15H2,1-2H3. The summed E-state index contributed by atoms with van der Waals surface area (Å²) in [5.41, 5.74) is 2.24. The average molecular weight is 364 g/mol. The summed E-state index contributed by atoms with van der Waals surface area (Å²) < 4.78 is 0. The molecule has 0 unspecified atom stereocenters. The largest absolute Gasteiger partial charge is 0.341 e. The lowest BCUT2D eigenvalue weighted by atomic mass is 9.73. The van der Waals surface area contributed by atoms with E-state index in [2.05, 4.69) is 11.1 Å². The molecule has 6 heteroatoms. The molecular weight excluding hydrogens is 340 g/mol. The van der Waals surface area contributed by atoms with Crippen molar-refractivity contribution >= 4 is 23.2 Å². The molecule has 1 saturated heterocycles. The number of carbonyl (C=O) groups excluding carboxylic acids is 2. The molecule has 1 aromatic heterocycles. The smallest absolute Gasteiger partial charge is 0.242 e. The quantitative estimate of drug-likeness (QED) is 0.838. The highest BCUT2D eigenvalue weighted by Crippen LogP contribution is 2.50. The number of benzene rings is 1. The van der Waals surface area contributed by atoms with E-state index in [1.54, 1.807) is 17.3 Å². The van der Waals surface area contributed by atoms with E-state index in [-0.39, 0.29) is 11.8 Å². The predicted molar refractivity (Wildman–Crippen MR) is 104 cm³/mol. The van der Waals surface area contributed by atoms with Gasteiger partial charge in [-0.2, -0.15) is 0 Å². The molecule has 1 spiro atoms. The van der Waals surface area contributed by atoms with E-state index in [4.69, 9.17) is 0 Å². The van der Waals surface area contributed by atoms with Gasteiger partial charge in [0, 0.05) is 19.3 Å². The second-order valence-corrected chi connectivity index (χ2v) is 7.57. The van der Waals surface area contributed by atoms with E-state index in [9.17, 15) is 9.59 Å². The summed E-state index contributed by atoms with van der Waals surface area (Å²) in [5.74, 6) is 0.217. The number of hydrogen-bond acceptors (Lipinski definition) is 4. The molecule has 140 valence electrons. The van der Waals surface area contributed by atoms with Crippen LogP contribution < -0.4 is 4.90 Å². The maximum Gasteiger partial charge on any atom is 0.242 e. The van der Waals surface area contributed by atoms with Crippen LogP contribution in [-0.2, 0) is 15.0 Å². The van der Waals surface area contributed by atoms with Crippen LogP contribution in [0.25, 0.3) is 0 Å². The zero-order chi connectivity index (χ0) is 19.0. The number of amides is 2. The molecule has 1 fully saturated rings. The Kier molecular flexibility index (Phi) is 4.44. The summed E-state index contributed by atoms with van der Waals surface area (Å²) in [5, 5.41) is 0. The molecule has 0 aliphatic carbocycles. The number of para-hydroxylation sites is 1. The lowest BCUT2D eigenvalue weighted by Gasteiger charge is -2.38. The first-order valence-corrected chi connectivity index (χ1v) is 9.29. The van der Waals surface area contributed by atoms with E-state index < -0.39 is 5.41 Å². The zero-order valence-corrected chi connectivity index (χ0v) is 15.8. The summed E-state index contributed by atoms with van der Waals surface area (Å²) in [7, 11) is 3.79. The van der Waals surface area contributed by atoms with Gasteiger partial charge in [0.2, 0.25) is 11.8 Å². The van der Waals surface area contributed by atoms with Crippen LogP contribution in [0.2, 0.25) is 0 Å². The Morgan fingerprint density at radius 3 is 2.56 bits per heavy atom. The first kappa shape index (κ1) is 17.7. The van der Waals surface area contributed by atoms with Gasteiger partial charge in [0.05, 0.1) is 29.5 Å². The highest BCUT2D eigenvalue weighted by molar-refractivity contribution is 6.13. The number of anilines is 2. The molecule has 0 N–H and O–H groups in total. The van der Waals surface area contributed by atoms with Gasteiger partial charge in [0.25, 0.3) is 0 Å². The number of nitrogens with zero attached hydrogens (tertiary/aromatic N) is 4. The number of likely N-dealkylation sites (N-methyl/N-ethyl adjacent to an activating group) is 1. The molecule has 1 aromatic carbocycles. The van der Waals surface area contributed by atoms with Crippen molar-refractivity contribution in [3.05, 3.63) is 54.4 Å². The molecule has 4 rings (SSSR count). The lowest BCUT2D eigenvalue weighted by Crippen LogP contribution is -2.50. The van der Waals surface area contributed by atoms with Gasteiger partial charge in [-0.3, -0.25) is 19.5 Å². The molecule has 2 aliphatic heterocycles. The third-order valence-electron chi connectivity index (χ3n) is 5.60. The van der Waals surface area contributed by atoms with Crippen LogP contribution in [0.1, 0.15) is 18.4 Å². The van der Waals surface area contributed by atoms with E-state index in [1.165, 1.54) is 0 Å². The summed E-state index contributed by atoms with van der Waals surface area (Å²) in [4.78, 5) is 35.7. The molecule has 6 nitrogen and oxygen atoms in total. The number of rotatable bonds is 3. The fraction of sp³-hybridized carbons (Fsp3) is 0.381. The maximum atomic E-state index is 13.6. The predicted octanol–water partition coefficient (Wildman–Crippen LogP) is 2.18. The van der Waals surface area contributed by atoms with E-state index in [0.29, 0.717) is 32.5 Å². The number of fused-ring (bicyclic) bond motifs is 2. The van der Waals surface area contributed by atoms with Crippen LogP contribution in [0.15, 0.2) is 48.8 Å². The van der Waals surface area contributed by atoms with E-state index in [0.717, 1.165) is 16.9 Å². The molecule has 2 aliphatic rings. The molecule has 0 bridgehead atoms. The van der Waals surface area contributed by atoms with E-state index >= 15 is 0 Å². The number of aromatic nitrogens is 1. The van der Waals surface area contributed by atoms with Gasteiger partial charge in [-0.1, -0.05) is 18.2 Å². The van der Waals surface area contributed by atoms with Crippen LogP contribution in [0.5, 0.6) is 0 Å². The summed E-state index contributed by atoms with van der Waals surface area (Å²) >= 11 is 0. The molecule has 0 atom stereocenters. The molecule has 0 saturated carbocycles. The molecule has 27 heavy (non-hydrogen) atoms. The molecular formula is C21H24N4O2. The Morgan fingerprint density at radius 2 is 1.89 bits per heavy atom. The molecule has 2 amide bonds. The van der Waals surface area contributed by atoms with Gasteiger partial charge in [0.15, 0.2) is 0 Å². The minimum atomic E-state index is -0.554. The molecule has 2 aromatic rings. The van der Waals surface area contributed by atoms with Crippen molar-refractivity contribution in [3.63, 3.8) is 0 Å². The summed E-state index contributed by atoms with van der Waals surface area (Å²) in [6.07, 6.45) is 4.74. The van der Waals surface area contributed by atoms with E-state index in [1.807, 2.05) is 54.2 Å². The number of carbonyl (C=O) groups is 2. The van der Waals surface area contributed by atoms with Gasteiger partial charge < -0.3 is 9.80 Å². The Bertz CT molecular complexity index is 857. The lowest BCUT2D eigenvalue weighted by molar-refractivity contribution is -0.136. The van der Waals surface area contributed by atoms with Crippen LogP contribution in [0.4, 0.5) is 11.4 Å². The maximum absolute atomic E-state index is 13.6. The van der Waals surface area contributed by atoms with Crippen molar-refractivity contribution in [1.82, 2.24) is 14.8 Å². The van der Waals surface area contributed by atoms with Crippen molar-refractivity contribution in [2.45, 2.75) is 18.3 Å². The first-order chi connectivity index (χ1) is 13.0. The minimum absolute atomic E-state index is 0.0939. The Morgan fingerprint density at radius 1 is 1.15 bits per heavy atom. The number of piperidine rings is 1. The van der Waals surface area contributed by atoms with Crippen LogP contribution in [0, 0.1) is 0 Å². The number of likely N-dealkylation sites (tertiary alicyclic amines) is 1. The highest BCUT2D eigenvalue weighted by atomic mass is 16.2. The third-order valence-corrected chi connectivity index (χ3v) is 5.60. The number of hydrogen-bond donors (Lipinski definition) is 0. The summed E-state index contributed by atoms with van der Waals surface area (Å²) in [6, 6.07) is 11.8. The third kappa shape index (κ3) is 2.90. The van der Waals surface area contributed by atoms with Gasteiger partial charge in [-0.15, -0.1) is 0 Å².